The smallest absolute Gasteiger partial charge is 0.265 e. The lowest BCUT2D eigenvalue weighted by molar-refractivity contribution is 0.0702. The van der Waals surface area contributed by atoms with Crippen molar-refractivity contribution < 1.29 is 22.0 Å². The number of amides is 1. The Morgan fingerprint density at radius 1 is 1.15 bits per heavy atom. The molecule has 6 nitrogen and oxygen atoms in total. The topological polar surface area (TPSA) is 70.6 Å². The van der Waals surface area contributed by atoms with Crippen molar-refractivity contribution in [2.45, 2.75) is 23.7 Å². The van der Waals surface area contributed by atoms with Crippen LogP contribution in [0.25, 0.3) is 0 Å². The summed E-state index contributed by atoms with van der Waals surface area (Å²) >= 11 is 1.39. The molecule has 1 aromatic carbocycles. The van der Waals surface area contributed by atoms with E-state index in [1.54, 1.807) is 11.1 Å². The SMILES string of the molecule is O=C(c1cnc(C2CC2)s1)N1CCN(S(=O)(=O)c2ccc(F)cc2F)CC1. The van der Waals surface area contributed by atoms with Crippen LogP contribution in [0.2, 0.25) is 0 Å². The van der Waals surface area contributed by atoms with Gasteiger partial charge in [0.15, 0.2) is 0 Å². The third-order valence-corrected chi connectivity index (χ3v) is 7.78. The van der Waals surface area contributed by atoms with E-state index in [0.717, 1.165) is 34.3 Å². The van der Waals surface area contributed by atoms with Gasteiger partial charge in [0.25, 0.3) is 5.91 Å². The standard InChI is InChI=1S/C17H17F2N3O3S2/c18-12-3-4-15(13(19)9-12)27(24,25)22-7-5-21(6-8-22)17(23)14-10-20-16(26-14)11-1-2-11/h3-4,9-11H,1-2,5-8H2. The Kier molecular flexibility index (Phi) is 4.73. The molecule has 1 saturated heterocycles. The Labute approximate surface area is 159 Å². The van der Waals surface area contributed by atoms with Crippen LogP contribution < -0.4 is 0 Å². The fraction of sp³-hybridized carbons (Fsp3) is 0.412. The maximum Gasteiger partial charge on any atom is 0.265 e. The highest BCUT2D eigenvalue weighted by Gasteiger charge is 2.33. The van der Waals surface area contributed by atoms with Gasteiger partial charge in [-0.1, -0.05) is 0 Å². The molecular formula is C17H17F2N3O3S2. The molecule has 1 amide bonds. The molecule has 2 aromatic rings. The van der Waals surface area contributed by atoms with Crippen LogP contribution in [0.15, 0.2) is 29.3 Å². The average molecular weight is 413 g/mol. The molecule has 1 saturated carbocycles. The van der Waals surface area contributed by atoms with Crippen molar-refractivity contribution >= 4 is 27.3 Å². The Bertz CT molecular complexity index is 981. The minimum atomic E-state index is -4.08. The predicted octanol–water partition coefficient (Wildman–Crippen LogP) is 2.45. The lowest BCUT2D eigenvalue weighted by Gasteiger charge is -2.33. The maximum atomic E-state index is 13.9. The summed E-state index contributed by atoms with van der Waals surface area (Å²) in [5, 5.41) is 0.978. The monoisotopic (exact) mass is 413 g/mol. The molecule has 2 aliphatic rings. The molecule has 0 spiro atoms. The summed E-state index contributed by atoms with van der Waals surface area (Å²) in [5.74, 6) is -1.64. The Balaban J connectivity index is 1.43. The van der Waals surface area contributed by atoms with Crippen LogP contribution in [0.3, 0.4) is 0 Å². The van der Waals surface area contributed by atoms with Crippen molar-refractivity contribution in [3.05, 3.63) is 45.9 Å². The van der Waals surface area contributed by atoms with Gasteiger partial charge in [-0.3, -0.25) is 4.79 Å². The summed E-state index contributed by atoms with van der Waals surface area (Å²) < 4.78 is 53.2. The van der Waals surface area contributed by atoms with Gasteiger partial charge >= 0.3 is 0 Å². The highest BCUT2D eigenvalue weighted by molar-refractivity contribution is 7.89. The number of carbonyl (C=O) groups excluding carboxylic acids is 1. The van der Waals surface area contributed by atoms with Gasteiger partial charge in [0.1, 0.15) is 21.4 Å². The second-order valence-corrected chi connectivity index (χ2v) is 9.58. The number of hydrogen-bond donors (Lipinski definition) is 0. The molecule has 2 heterocycles. The number of thiazole rings is 1. The number of aromatic nitrogens is 1. The van der Waals surface area contributed by atoms with Gasteiger partial charge in [-0.15, -0.1) is 11.3 Å². The van der Waals surface area contributed by atoms with Gasteiger partial charge in [0.05, 0.1) is 11.2 Å². The molecule has 27 heavy (non-hydrogen) atoms. The molecule has 0 atom stereocenters. The minimum absolute atomic E-state index is 0.0547. The number of benzene rings is 1. The van der Waals surface area contributed by atoms with Gasteiger partial charge in [0, 0.05) is 38.2 Å². The van der Waals surface area contributed by atoms with Crippen LogP contribution in [0.1, 0.15) is 33.4 Å². The third kappa shape index (κ3) is 3.61. The van der Waals surface area contributed by atoms with Crippen LogP contribution in [0.5, 0.6) is 0 Å². The molecule has 144 valence electrons. The van der Waals surface area contributed by atoms with Gasteiger partial charge in [-0.25, -0.2) is 22.2 Å². The lowest BCUT2D eigenvalue weighted by atomic mass is 10.3. The van der Waals surface area contributed by atoms with Gasteiger partial charge in [0.2, 0.25) is 10.0 Å². The molecule has 2 fully saturated rings. The van der Waals surface area contributed by atoms with Gasteiger partial charge < -0.3 is 4.90 Å². The van der Waals surface area contributed by atoms with Crippen LogP contribution in [0, 0.1) is 11.6 Å². The average Bonchev–Trinajstić information content (AvgIpc) is 3.38. The Morgan fingerprint density at radius 2 is 1.85 bits per heavy atom. The fourth-order valence-electron chi connectivity index (χ4n) is 3.02. The van der Waals surface area contributed by atoms with E-state index in [-0.39, 0.29) is 32.1 Å². The number of nitrogens with zero attached hydrogens (tertiary/aromatic N) is 3. The fourth-order valence-corrected chi connectivity index (χ4v) is 5.54. The molecule has 4 rings (SSSR count). The first kappa shape index (κ1) is 18.5. The maximum absolute atomic E-state index is 13.9. The van der Waals surface area contributed by atoms with Crippen LogP contribution in [-0.4, -0.2) is 54.7 Å². The van der Waals surface area contributed by atoms with E-state index in [0.29, 0.717) is 16.9 Å². The van der Waals surface area contributed by atoms with Crippen LogP contribution >= 0.6 is 11.3 Å². The van der Waals surface area contributed by atoms with E-state index < -0.39 is 26.6 Å². The van der Waals surface area contributed by atoms with Crippen molar-refractivity contribution in [3.8, 4) is 0 Å². The number of rotatable bonds is 4. The van der Waals surface area contributed by atoms with Crippen molar-refractivity contribution in [2.24, 2.45) is 0 Å². The summed E-state index contributed by atoms with van der Waals surface area (Å²) in [6.45, 7) is 0.521. The molecule has 0 bridgehead atoms. The van der Waals surface area contributed by atoms with E-state index >= 15 is 0 Å². The first-order chi connectivity index (χ1) is 12.9. The van der Waals surface area contributed by atoms with Crippen molar-refractivity contribution in [1.82, 2.24) is 14.2 Å². The summed E-state index contributed by atoms with van der Waals surface area (Å²) in [6.07, 6.45) is 3.80. The van der Waals surface area contributed by atoms with E-state index in [1.165, 1.54) is 11.3 Å². The summed E-state index contributed by atoms with van der Waals surface area (Å²) in [7, 11) is -4.08. The molecule has 0 radical (unpaired) electrons. The van der Waals surface area contributed by atoms with Crippen molar-refractivity contribution in [3.63, 3.8) is 0 Å². The second-order valence-electron chi connectivity index (χ2n) is 6.61. The third-order valence-electron chi connectivity index (χ3n) is 4.70. The van der Waals surface area contributed by atoms with E-state index in [4.69, 9.17) is 0 Å². The van der Waals surface area contributed by atoms with E-state index in [9.17, 15) is 22.0 Å². The number of hydrogen-bond acceptors (Lipinski definition) is 5. The van der Waals surface area contributed by atoms with Gasteiger partial charge in [-0.2, -0.15) is 4.31 Å². The van der Waals surface area contributed by atoms with E-state index in [1.807, 2.05) is 0 Å². The molecule has 1 aromatic heterocycles. The van der Waals surface area contributed by atoms with Crippen molar-refractivity contribution in [2.75, 3.05) is 26.2 Å². The normalized spacial score (nSPS) is 18.7. The molecular weight excluding hydrogens is 396 g/mol. The molecule has 10 heteroatoms. The van der Waals surface area contributed by atoms with Gasteiger partial charge in [-0.05, 0) is 25.0 Å². The first-order valence-corrected chi connectivity index (χ1v) is 10.8. The Morgan fingerprint density at radius 3 is 2.48 bits per heavy atom. The zero-order valence-corrected chi connectivity index (χ0v) is 15.9. The number of sulfonamides is 1. The largest absolute Gasteiger partial charge is 0.335 e. The summed E-state index contributed by atoms with van der Waals surface area (Å²) in [6, 6.07) is 2.39. The van der Waals surface area contributed by atoms with Crippen LogP contribution in [0.4, 0.5) is 8.78 Å². The highest BCUT2D eigenvalue weighted by Crippen LogP contribution is 2.41. The molecule has 0 unspecified atom stereocenters. The molecule has 0 N–H and O–H groups in total. The Hall–Kier alpha value is -1.91. The zero-order chi connectivity index (χ0) is 19.2. The summed E-state index contributed by atoms with van der Waals surface area (Å²) in [5.41, 5.74) is 0. The predicted molar refractivity (Wildman–Crippen MR) is 95.1 cm³/mol. The lowest BCUT2D eigenvalue weighted by Crippen LogP contribution is -2.50. The minimum Gasteiger partial charge on any atom is -0.335 e. The zero-order valence-electron chi connectivity index (χ0n) is 14.3. The quantitative estimate of drug-likeness (QED) is 0.772. The number of piperazine rings is 1. The summed E-state index contributed by atoms with van der Waals surface area (Å²) in [4.78, 5) is 18.5. The second kappa shape index (κ2) is 6.92. The van der Waals surface area contributed by atoms with E-state index in [2.05, 4.69) is 4.98 Å². The highest BCUT2D eigenvalue weighted by atomic mass is 32.2. The van der Waals surface area contributed by atoms with Crippen LogP contribution in [-0.2, 0) is 10.0 Å². The van der Waals surface area contributed by atoms with Crippen molar-refractivity contribution in [1.29, 1.82) is 0 Å². The first-order valence-electron chi connectivity index (χ1n) is 8.56. The molecule has 1 aliphatic carbocycles. The number of halogens is 2. The number of carbonyl (C=O) groups is 1. The molecule has 1 aliphatic heterocycles.